The number of nitrogens with one attached hydrogen (secondary N) is 10. The second-order valence-electron chi connectivity index (χ2n) is 16.9. The third-order valence-electron chi connectivity index (χ3n) is 10.6. The molecule has 79 heavy (non-hydrogen) atoms. The number of aliphatic carboxylic acids is 2. The van der Waals surface area contributed by atoms with Gasteiger partial charge in [-0.15, -0.1) is 0 Å². The lowest BCUT2D eigenvalue weighted by molar-refractivity contribution is -0.141. The van der Waals surface area contributed by atoms with Gasteiger partial charge in [0.1, 0.15) is 42.3 Å². The number of nitrogens with two attached hydrogens (primary N) is 3. The highest BCUT2D eigenvalue weighted by molar-refractivity contribution is 7.99. The fraction of sp³-hybridized carbons (Fsp3) is 0.587. The number of guanidine groups is 1. The number of hydrogen-bond donors (Lipinski definition) is 17. The lowest BCUT2D eigenvalue weighted by atomic mass is 10.0. The van der Waals surface area contributed by atoms with Crippen molar-refractivity contribution in [3.8, 4) is 0 Å². The lowest BCUT2D eigenvalue weighted by Crippen LogP contribution is -2.59. The average Bonchev–Trinajstić information content (AvgIpc) is 3.40. The minimum Gasteiger partial charge on any atom is -0.481 e. The highest BCUT2D eigenvalue weighted by atomic mass is 32.2. The zero-order chi connectivity index (χ0) is 59.3. The highest BCUT2D eigenvalue weighted by Gasteiger charge is 2.33. The molecule has 18 N–H and O–H groups in total. The molecule has 0 bridgehead atoms. The van der Waals surface area contributed by atoms with Crippen molar-refractivity contribution >= 4 is 114 Å². The van der Waals surface area contributed by atoms with E-state index in [0.29, 0.717) is 25.3 Å². The van der Waals surface area contributed by atoms with E-state index in [1.54, 1.807) is 36.6 Å². The van der Waals surface area contributed by atoms with Crippen molar-refractivity contribution in [3.63, 3.8) is 0 Å². The van der Waals surface area contributed by atoms with Gasteiger partial charge < -0.3 is 90.1 Å². The molecular weight excluding hydrogens is 1100 g/mol. The average molecular weight is 1180 g/mol. The number of hydrogen-bond acceptors (Lipinski definition) is 19. The predicted molar refractivity (Wildman–Crippen MR) is 294 cm³/mol. The Morgan fingerprint density at radius 1 is 0.582 bits per heavy atom. The van der Waals surface area contributed by atoms with E-state index in [-0.39, 0.29) is 75.2 Å². The van der Waals surface area contributed by atoms with Gasteiger partial charge in [-0.05, 0) is 31.1 Å². The van der Waals surface area contributed by atoms with E-state index in [2.05, 4.69) is 83.4 Å². The Kier molecular flexibility index (Phi) is 35.7. The number of carbonyl (C=O) groups is 12. The molecule has 33 heteroatoms. The van der Waals surface area contributed by atoms with Crippen LogP contribution in [0.3, 0.4) is 0 Å². The molecular formula is C46H74N14O16S3. The van der Waals surface area contributed by atoms with Gasteiger partial charge in [0.15, 0.2) is 5.96 Å². The number of carboxylic acid groups (broad SMARTS) is 2. The van der Waals surface area contributed by atoms with Gasteiger partial charge in [-0.2, -0.15) is 37.0 Å². The Labute approximate surface area is 471 Å². The summed E-state index contributed by atoms with van der Waals surface area (Å²) < 4.78 is 10.5. The Morgan fingerprint density at radius 3 is 1.58 bits per heavy atom. The fourth-order valence-electron chi connectivity index (χ4n) is 6.63. The SMILES string of the molecule is CC[C@H](NC(=O)[C@H](CC(=O)O)NC(=O)CNC(=O)[C@H](CCCN=C(N)N)NC(=O)[C@H](CS)NC(=O)[C@H](CC(=O)O)NC(=O)CSC)C(=O)N[C@@H](Cc1ccccc1)C(=O)N[C@@H](CS)C(=O)NCC(=O)NCCOCCOCCN. The molecule has 0 fully saturated rings. The molecule has 0 saturated heterocycles. The number of carbonyl (C=O) groups excluding carboxylic acids is 10. The summed E-state index contributed by atoms with van der Waals surface area (Å²) in [5, 5.41) is 42.9. The molecule has 0 aliphatic carbocycles. The summed E-state index contributed by atoms with van der Waals surface area (Å²) in [5.74, 6) is -12.9. The first kappa shape index (κ1) is 70.1. The topological polar surface area (TPSA) is 474 Å². The number of benzene rings is 1. The maximum absolute atomic E-state index is 13.8. The number of amides is 10. The molecule has 10 amide bonds. The molecule has 0 heterocycles. The summed E-state index contributed by atoms with van der Waals surface area (Å²) in [5.41, 5.74) is 16.7. The molecule has 0 aliphatic rings. The first-order chi connectivity index (χ1) is 37.6. The van der Waals surface area contributed by atoms with Crippen LogP contribution < -0.4 is 70.4 Å². The van der Waals surface area contributed by atoms with Gasteiger partial charge in [0.05, 0.1) is 58.1 Å². The third-order valence-corrected chi connectivity index (χ3v) is 11.8. The fourth-order valence-corrected chi connectivity index (χ4v) is 7.49. The van der Waals surface area contributed by atoms with E-state index in [0.717, 1.165) is 11.8 Å². The first-order valence-corrected chi connectivity index (χ1v) is 27.3. The number of nitrogens with zero attached hydrogens (tertiary/aromatic N) is 1. The molecule has 0 saturated carbocycles. The van der Waals surface area contributed by atoms with Crippen LogP contribution in [0.15, 0.2) is 35.3 Å². The maximum atomic E-state index is 13.8. The van der Waals surface area contributed by atoms with E-state index < -0.39 is 139 Å². The Morgan fingerprint density at radius 2 is 1.05 bits per heavy atom. The monoisotopic (exact) mass is 1170 g/mol. The summed E-state index contributed by atoms with van der Waals surface area (Å²) in [6, 6.07) is -2.02. The predicted octanol–water partition coefficient (Wildman–Crippen LogP) is -6.40. The lowest BCUT2D eigenvalue weighted by Gasteiger charge is -2.26. The number of ether oxygens (including phenoxy) is 2. The standard InChI is InChI=1S/C46H74N14O16S3/c1-3-27(41(70)58-29(18-26-8-5-4-6-9-26)42(71)59-32(23-77)40(69)52-21-34(61)50-13-15-76-17-16-75-14-11-47)56-43(72)30(19-37(64)65)54-35(62)22-53-39(68)28(10-7-12-51-46(48)49)57-45(74)33(24-78)60-44(73)31(20-38(66)67)55-36(63)25-79-2/h4-6,8-9,27-33,77-78H,3,7,10-25,47H2,1-2H3,(H,50,61)(H,52,69)(H,53,68)(H,54,62)(H,55,63)(H,56,72)(H,57,74)(H,58,70)(H,59,71)(H,60,73)(H,64,65)(H,66,67)(H4,48,49,51)/t27-,28-,29-,30-,31-,32-,33-/m0/s1. The van der Waals surface area contributed by atoms with E-state index in [4.69, 9.17) is 26.7 Å². The normalized spacial score (nSPS) is 13.4. The van der Waals surface area contributed by atoms with Gasteiger partial charge >= 0.3 is 11.9 Å². The van der Waals surface area contributed by atoms with Gasteiger partial charge in [0.2, 0.25) is 59.1 Å². The summed E-state index contributed by atoms with van der Waals surface area (Å²) in [4.78, 5) is 159. The first-order valence-electron chi connectivity index (χ1n) is 24.6. The van der Waals surface area contributed by atoms with Crippen LogP contribution in [0.5, 0.6) is 0 Å². The Bertz CT molecular complexity index is 2220. The second kappa shape index (κ2) is 40.3. The quantitative estimate of drug-likeness (QED) is 0.0125. The Hall–Kier alpha value is -6.94. The molecule has 1 aromatic carbocycles. The van der Waals surface area contributed by atoms with Gasteiger partial charge in [-0.1, -0.05) is 37.3 Å². The van der Waals surface area contributed by atoms with Crippen LogP contribution in [0.2, 0.25) is 0 Å². The molecule has 0 spiro atoms. The smallest absolute Gasteiger partial charge is 0.305 e. The van der Waals surface area contributed by atoms with Crippen molar-refractivity contribution in [2.45, 2.75) is 87.7 Å². The molecule has 7 atom stereocenters. The summed E-state index contributed by atoms with van der Waals surface area (Å²) in [6.07, 6.45) is -0.547. The summed E-state index contributed by atoms with van der Waals surface area (Å²) in [6.45, 7) is 1.81. The molecule has 0 unspecified atom stereocenters. The molecule has 0 radical (unpaired) electrons. The minimum atomic E-state index is -1.84. The van der Waals surface area contributed by atoms with E-state index in [1.165, 1.54) is 6.92 Å². The second-order valence-corrected chi connectivity index (χ2v) is 18.5. The summed E-state index contributed by atoms with van der Waals surface area (Å²) in [7, 11) is 0. The van der Waals surface area contributed by atoms with E-state index >= 15 is 0 Å². The number of thiol groups is 2. The van der Waals surface area contributed by atoms with Crippen LogP contribution in [0.4, 0.5) is 0 Å². The molecule has 1 aromatic rings. The number of rotatable bonds is 41. The van der Waals surface area contributed by atoms with Crippen LogP contribution >= 0.6 is 37.0 Å². The third kappa shape index (κ3) is 30.7. The van der Waals surface area contributed by atoms with E-state index in [1.807, 2.05) is 0 Å². The molecule has 0 aromatic heterocycles. The van der Waals surface area contributed by atoms with Crippen molar-refractivity contribution in [1.29, 1.82) is 0 Å². The van der Waals surface area contributed by atoms with Crippen molar-refractivity contribution in [1.82, 2.24) is 53.2 Å². The van der Waals surface area contributed by atoms with Gasteiger partial charge in [-0.3, -0.25) is 62.5 Å². The van der Waals surface area contributed by atoms with Crippen LogP contribution in [0.1, 0.15) is 44.6 Å². The highest BCUT2D eigenvalue weighted by Crippen LogP contribution is 2.08. The molecule has 1 rings (SSSR count). The zero-order valence-electron chi connectivity index (χ0n) is 43.7. The Balaban J connectivity index is 3.13. The molecule has 30 nitrogen and oxygen atoms in total. The maximum Gasteiger partial charge on any atom is 0.305 e. The minimum absolute atomic E-state index is 0.0182. The summed E-state index contributed by atoms with van der Waals surface area (Å²) >= 11 is 9.39. The van der Waals surface area contributed by atoms with Gasteiger partial charge in [0.25, 0.3) is 0 Å². The van der Waals surface area contributed by atoms with Crippen molar-refractivity contribution in [2.75, 3.05) is 82.7 Å². The van der Waals surface area contributed by atoms with Crippen LogP contribution in [0.25, 0.3) is 0 Å². The van der Waals surface area contributed by atoms with Crippen LogP contribution in [-0.2, 0) is 73.4 Å². The van der Waals surface area contributed by atoms with Crippen molar-refractivity contribution < 1.29 is 77.2 Å². The number of aliphatic imine (C=N–C) groups is 1. The van der Waals surface area contributed by atoms with Gasteiger partial charge in [0, 0.05) is 37.6 Å². The molecule has 442 valence electrons. The number of thioether (sulfide) groups is 1. The van der Waals surface area contributed by atoms with Crippen LogP contribution in [-0.4, -0.2) is 212 Å². The van der Waals surface area contributed by atoms with Crippen molar-refractivity contribution in [3.05, 3.63) is 35.9 Å². The largest absolute Gasteiger partial charge is 0.481 e. The van der Waals surface area contributed by atoms with Crippen molar-refractivity contribution in [2.24, 2.45) is 22.2 Å². The van der Waals surface area contributed by atoms with Crippen LogP contribution in [0, 0.1) is 0 Å². The molecule has 0 aliphatic heterocycles. The zero-order valence-corrected chi connectivity index (χ0v) is 46.4. The van der Waals surface area contributed by atoms with E-state index in [9.17, 15) is 67.7 Å². The number of carboxylic acids is 2. The van der Waals surface area contributed by atoms with Gasteiger partial charge in [-0.25, -0.2) is 0 Å².